The zero-order chi connectivity index (χ0) is 17.1. The first kappa shape index (κ1) is 30.3. The van der Waals surface area contributed by atoms with Gasteiger partial charge in [-0.1, -0.05) is 64.0 Å². The standard InChI is InChI=1S/C14H28O6S2.2Na/c1-2-3-4-5-6-7-8-9-10-11-12-14(22(18,19)20)13-21(15,16)17;;/h11-12,14H,2-10,13H2,1H3,(H,15,16,17)(H,18,19,20);;/q;2*+1/p-2. The van der Waals surface area contributed by atoms with Gasteiger partial charge in [0.05, 0.1) is 21.1 Å². The van der Waals surface area contributed by atoms with Crippen LogP contribution in [0.5, 0.6) is 0 Å². The molecule has 0 radical (unpaired) electrons. The van der Waals surface area contributed by atoms with Gasteiger partial charge in [-0.2, -0.15) is 0 Å². The van der Waals surface area contributed by atoms with Crippen molar-refractivity contribution in [1.82, 2.24) is 0 Å². The van der Waals surface area contributed by atoms with E-state index < -0.39 is 31.2 Å². The summed E-state index contributed by atoms with van der Waals surface area (Å²) >= 11 is 0. The number of allylic oxidation sites excluding steroid dienone is 1. The molecular weight excluding hydrogens is 374 g/mol. The molecular formula is C14H26Na2O6S2. The van der Waals surface area contributed by atoms with Gasteiger partial charge in [0.25, 0.3) is 0 Å². The first-order valence-electron chi connectivity index (χ1n) is 7.71. The Morgan fingerprint density at radius 2 is 1.29 bits per heavy atom. The Kier molecular flexibility index (Phi) is 21.1. The molecule has 0 aliphatic carbocycles. The van der Waals surface area contributed by atoms with Gasteiger partial charge in [-0.25, -0.2) is 16.8 Å². The minimum Gasteiger partial charge on any atom is -0.748 e. The maximum Gasteiger partial charge on any atom is 1.00 e. The van der Waals surface area contributed by atoms with Crippen molar-refractivity contribution in [3.05, 3.63) is 12.2 Å². The van der Waals surface area contributed by atoms with Gasteiger partial charge in [0.2, 0.25) is 0 Å². The molecule has 1 unspecified atom stereocenters. The van der Waals surface area contributed by atoms with E-state index in [0.29, 0.717) is 6.42 Å². The van der Waals surface area contributed by atoms with Gasteiger partial charge in [0.15, 0.2) is 0 Å². The van der Waals surface area contributed by atoms with Crippen LogP contribution in [0.25, 0.3) is 0 Å². The topological polar surface area (TPSA) is 114 Å². The van der Waals surface area contributed by atoms with Gasteiger partial charge in [0, 0.05) is 0 Å². The third-order valence-corrected chi connectivity index (χ3v) is 5.36. The molecule has 0 heterocycles. The van der Waals surface area contributed by atoms with Crippen LogP contribution >= 0.6 is 0 Å². The molecule has 0 aromatic carbocycles. The van der Waals surface area contributed by atoms with E-state index in [4.69, 9.17) is 0 Å². The molecule has 10 heteroatoms. The van der Waals surface area contributed by atoms with E-state index >= 15 is 0 Å². The average molecular weight is 400 g/mol. The fourth-order valence-electron chi connectivity index (χ4n) is 2.08. The number of hydrogen-bond donors (Lipinski definition) is 0. The fourth-order valence-corrected chi connectivity index (χ4v) is 4.06. The van der Waals surface area contributed by atoms with Crippen molar-refractivity contribution in [3.63, 3.8) is 0 Å². The maximum atomic E-state index is 10.9. The fraction of sp³-hybridized carbons (Fsp3) is 0.857. The minimum absolute atomic E-state index is 0. The molecule has 0 saturated carbocycles. The van der Waals surface area contributed by atoms with E-state index in [9.17, 15) is 25.9 Å². The molecule has 0 N–H and O–H groups in total. The molecule has 0 aliphatic heterocycles. The minimum atomic E-state index is -4.82. The third-order valence-electron chi connectivity index (χ3n) is 3.31. The molecule has 132 valence electrons. The Balaban J connectivity index is -0.00000220. The Morgan fingerprint density at radius 1 is 0.833 bits per heavy atom. The summed E-state index contributed by atoms with van der Waals surface area (Å²) in [4.78, 5) is 0. The molecule has 0 spiro atoms. The van der Waals surface area contributed by atoms with Crippen molar-refractivity contribution in [3.8, 4) is 0 Å². The van der Waals surface area contributed by atoms with Crippen molar-refractivity contribution in [2.45, 2.75) is 70.0 Å². The van der Waals surface area contributed by atoms with Gasteiger partial charge >= 0.3 is 59.1 Å². The Bertz CT molecular complexity index is 517. The van der Waals surface area contributed by atoms with E-state index in [2.05, 4.69) is 6.92 Å². The normalized spacial score (nSPS) is 13.3. The van der Waals surface area contributed by atoms with Gasteiger partial charge in [-0.05, 0) is 12.8 Å². The zero-order valence-corrected chi connectivity index (χ0v) is 20.7. The number of hydrogen-bond acceptors (Lipinski definition) is 6. The number of rotatable bonds is 13. The van der Waals surface area contributed by atoms with Crippen LogP contribution in [-0.2, 0) is 20.2 Å². The predicted octanol–water partition coefficient (Wildman–Crippen LogP) is -3.46. The van der Waals surface area contributed by atoms with Crippen molar-refractivity contribution in [2.75, 3.05) is 5.75 Å². The summed E-state index contributed by atoms with van der Waals surface area (Å²) in [6, 6.07) is 0. The SMILES string of the molecule is CCCCCCCCCCC=CC(CS(=O)(=O)[O-])S(=O)(=O)[O-].[Na+].[Na+]. The Labute approximate surface area is 191 Å². The Hall–Kier alpha value is 1.56. The second-order valence-corrected chi connectivity index (χ2v) is 8.49. The van der Waals surface area contributed by atoms with Gasteiger partial charge in [-0.15, -0.1) is 0 Å². The monoisotopic (exact) mass is 400 g/mol. The molecule has 0 saturated heterocycles. The van der Waals surface area contributed by atoms with Crippen molar-refractivity contribution in [1.29, 1.82) is 0 Å². The molecule has 0 aliphatic rings. The second kappa shape index (κ2) is 16.7. The third kappa shape index (κ3) is 19.9. The van der Waals surface area contributed by atoms with Crippen LogP contribution < -0.4 is 59.1 Å². The zero-order valence-electron chi connectivity index (χ0n) is 15.1. The van der Waals surface area contributed by atoms with Crippen LogP contribution in [0.3, 0.4) is 0 Å². The molecule has 0 rings (SSSR count). The first-order chi connectivity index (χ1) is 10.2. The van der Waals surface area contributed by atoms with Crippen LogP contribution in [0.4, 0.5) is 0 Å². The van der Waals surface area contributed by atoms with Crippen LogP contribution in [0, 0.1) is 0 Å². The largest absolute Gasteiger partial charge is 1.00 e. The summed E-state index contributed by atoms with van der Waals surface area (Å²) in [5.74, 6) is -1.20. The smallest absolute Gasteiger partial charge is 0.748 e. The second-order valence-electron chi connectivity index (χ2n) is 5.45. The molecule has 1 atom stereocenters. The predicted molar refractivity (Wildman–Crippen MR) is 84.4 cm³/mol. The van der Waals surface area contributed by atoms with E-state index in [0.717, 1.165) is 25.3 Å². The van der Waals surface area contributed by atoms with Crippen LogP contribution in [0.15, 0.2) is 12.2 Å². The van der Waals surface area contributed by atoms with Crippen molar-refractivity contribution >= 4 is 20.2 Å². The molecule has 24 heavy (non-hydrogen) atoms. The molecule has 0 aromatic heterocycles. The summed E-state index contributed by atoms with van der Waals surface area (Å²) in [7, 11) is -9.57. The molecule has 0 bridgehead atoms. The van der Waals surface area contributed by atoms with Crippen LogP contribution in [0.1, 0.15) is 64.7 Å². The summed E-state index contributed by atoms with van der Waals surface area (Å²) in [5.41, 5.74) is 0. The summed E-state index contributed by atoms with van der Waals surface area (Å²) in [5, 5.41) is -1.79. The quantitative estimate of drug-likeness (QED) is 0.137. The van der Waals surface area contributed by atoms with Gasteiger partial charge < -0.3 is 9.11 Å². The van der Waals surface area contributed by atoms with E-state index in [1.54, 1.807) is 0 Å². The van der Waals surface area contributed by atoms with Gasteiger partial charge in [0.1, 0.15) is 10.1 Å². The Morgan fingerprint density at radius 3 is 1.71 bits per heavy atom. The van der Waals surface area contributed by atoms with Gasteiger partial charge in [-0.3, -0.25) is 0 Å². The molecule has 6 nitrogen and oxygen atoms in total. The van der Waals surface area contributed by atoms with Crippen molar-refractivity contribution < 1.29 is 85.1 Å². The summed E-state index contributed by atoms with van der Waals surface area (Å²) in [6.07, 6.45) is 12.2. The van der Waals surface area contributed by atoms with Crippen molar-refractivity contribution in [2.24, 2.45) is 0 Å². The van der Waals surface area contributed by atoms with Crippen LogP contribution in [-0.4, -0.2) is 36.9 Å². The van der Waals surface area contributed by atoms with E-state index in [-0.39, 0.29) is 59.1 Å². The summed E-state index contributed by atoms with van der Waals surface area (Å²) in [6.45, 7) is 2.17. The summed E-state index contributed by atoms with van der Waals surface area (Å²) < 4.78 is 64.4. The molecule has 0 fully saturated rings. The average Bonchev–Trinajstić information content (AvgIpc) is 2.37. The van der Waals surface area contributed by atoms with E-state index in [1.165, 1.54) is 38.2 Å². The first-order valence-corrected chi connectivity index (χ1v) is 10.8. The van der Waals surface area contributed by atoms with E-state index in [1.807, 2.05) is 0 Å². The molecule has 0 amide bonds. The number of unbranched alkanes of at least 4 members (excludes halogenated alkanes) is 8. The van der Waals surface area contributed by atoms with Crippen LogP contribution in [0.2, 0.25) is 0 Å². The maximum absolute atomic E-state index is 10.9. The molecule has 0 aromatic rings.